The second-order valence-electron chi connectivity index (χ2n) is 9.61. The summed E-state index contributed by atoms with van der Waals surface area (Å²) in [6.07, 6.45) is -0.275. The maximum Gasteiger partial charge on any atom is 0.415 e. The molecular formula is C20H23BF3N2O4-. The zero-order valence-electron chi connectivity index (χ0n) is 17.2. The van der Waals surface area contributed by atoms with E-state index in [-0.39, 0.29) is 36.6 Å². The van der Waals surface area contributed by atoms with Gasteiger partial charge in [0, 0.05) is 17.6 Å². The van der Waals surface area contributed by atoms with Crippen LogP contribution >= 0.6 is 0 Å². The van der Waals surface area contributed by atoms with Gasteiger partial charge in [0.2, 0.25) is 0 Å². The summed E-state index contributed by atoms with van der Waals surface area (Å²) in [7, 11) is 0. The third-order valence-electron chi connectivity index (χ3n) is 6.93. The molecule has 2 fully saturated rings. The van der Waals surface area contributed by atoms with Crippen molar-refractivity contribution in [3.63, 3.8) is 0 Å². The van der Waals surface area contributed by atoms with Crippen LogP contribution in [0, 0.1) is 11.2 Å². The quantitative estimate of drug-likeness (QED) is 0.753. The molecule has 1 saturated carbocycles. The van der Waals surface area contributed by atoms with E-state index in [1.54, 1.807) is 27.7 Å². The number of alkyl halides is 2. The maximum atomic E-state index is 14.0. The van der Waals surface area contributed by atoms with Gasteiger partial charge in [0.15, 0.2) is 5.88 Å². The molecule has 1 aliphatic carbocycles. The number of aromatic nitrogens is 2. The molecule has 6 nitrogen and oxygen atoms in total. The number of rotatable bonds is 2. The molecule has 2 aromatic rings. The second kappa shape index (κ2) is 5.60. The normalized spacial score (nSPS) is 29.5. The smallest absolute Gasteiger partial charge is 0.415 e. The molecule has 0 amide bonds. The van der Waals surface area contributed by atoms with Gasteiger partial charge in [-0.1, -0.05) is 0 Å². The van der Waals surface area contributed by atoms with E-state index in [9.17, 15) is 18.2 Å². The van der Waals surface area contributed by atoms with Gasteiger partial charge in [-0.15, -0.1) is 0 Å². The lowest BCUT2D eigenvalue weighted by Crippen LogP contribution is -2.53. The molecule has 162 valence electrons. The topological polar surface area (TPSA) is 65.7 Å². The first-order valence-electron chi connectivity index (χ1n) is 9.94. The maximum absolute atomic E-state index is 14.0. The third-order valence-corrected chi connectivity index (χ3v) is 6.93. The van der Waals surface area contributed by atoms with Crippen molar-refractivity contribution in [3.05, 3.63) is 30.1 Å². The van der Waals surface area contributed by atoms with E-state index < -0.39 is 35.1 Å². The van der Waals surface area contributed by atoms with Gasteiger partial charge in [0.1, 0.15) is 12.4 Å². The molecule has 1 spiro atoms. The van der Waals surface area contributed by atoms with Crippen molar-refractivity contribution in [3.8, 4) is 17.1 Å². The molecule has 3 aliphatic rings. The van der Waals surface area contributed by atoms with Crippen molar-refractivity contribution >= 4 is 12.2 Å². The Balaban J connectivity index is 1.67. The van der Waals surface area contributed by atoms with Gasteiger partial charge in [-0.3, -0.25) is 0 Å². The molecule has 10 heteroatoms. The molecule has 1 saturated heterocycles. The summed E-state index contributed by atoms with van der Waals surface area (Å²) >= 11 is 0. The van der Waals surface area contributed by atoms with Gasteiger partial charge in [-0.2, -0.15) is 5.10 Å². The van der Waals surface area contributed by atoms with Gasteiger partial charge >= 0.3 is 6.75 Å². The number of ether oxygens (including phenoxy) is 1. The van der Waals surface area contributed by atoms with E-state index >= 15 is 0 Å². The molecule has 0 bridgehead atoms. The molecule has 1 atom stereocenters. The Morgan fingerprint density at radius 2 is 1.63 bits per heavy atom. The lowest BCUT2D eigenvalue weighted by molar-refractivity contribution is 0.00578. The minimum absolute atomic E-state index is 0.0531. The minimum Gasteiger partial charge on any atom is -0.555 e. The van der Waals surface area contributed by atoms with Crippen LogP contribution < -0.4 is 10.2 Å². The van der Waals surface area contributed by atoms with Gasteiger partial charge in [-0.05, 0) is 63.0 Å². The van der Waals surface area contributed by atoms with Gasteiger partial charge in [0.05, 0.1) is 17.7 Å². The first kappa shape index (κ1) is 19.9. The van der Waals surface area contributed by atoms with Crippen LogP contribution in [0.15, 0.2) is 24.3 Å². The lowest BCUT2D eigenvalue weighted by atomic mass is 9.68. The number of hydrogen-bond acceptors (Lipinski definition) is 5. The van der Waals surface area contributed by atoms with E-state index in [0.717, 1.165) is 0 Å². The van der Waals surface area contributed by atoms with E-state index in [1.165, 1.54) is 28.9 Å². The van der Waals surface area contributed by atoms with Gasteiger partial charge in [-0.25, -0.2) is 17.9 Å². The summed E-state index contributed by atoms with van der Waals surface area (Å²) < 4.78 is 60.5. The number of nitrogens with zero attached hydrogens (tertiary/aromatic N) is 2. The molecule has 5 rings (SSSR count). The highest BCUT2D eigenvalue weighted by Gasteiger charge is 2.73. The Morgan fingerprint density at radius 3 is 2.17 bits per heavy atom. The molecule has 1 aromatic carbocycles. The molecular weight excluding hydrogens is 400 g/mol. The SMILES string of the molecule is CC1(C)O[B-](O)(c2c(-c3ccc(F)cc3)nn3c2OCC2(C3)CC2(F)F)OC1(C)C. The molecule has 1 unspecified atom stereocenters. The van der Waals surface area contributed by atoms with E-state index in [4.69, 9.17) is 14.0 Å². The van der Waals surface area contributed by atoms with Crippen LogP contribution in [-0.4, -0.2) is 45.3 Å². The van der Waals surface area contributed by atoms with Gasteiger partial charge in [0.25, 0.3) is 5.92 Å². The fourth-order valence-corrected chi connectivity index (χ4v) is 4.34. The number of hydrogen-bond donors (Lipinski definition) is 1. The van der Waals surface area contributed by atoms with Crippen molar-refractivity contribution < 1.29 is 32.2 Å². The second-order valence-corrected chi connectivity index (χ2v) is 9.61. The summed E-state index contributed by atoms with van der Waals surface area (Å²) in [5.74, 6) is -3.12. The largest absolute Gasteiger partial charge is 0.555 e. The summed E-state index contributed by atoms with van der Waals surface area (Å²) in [6.45, 7) is 3.88. The van der Waals surface area contributed by atoms with Gasteiger partial charge < -0.3 is 19.1 Å². The fraction of sp³-hybridized carbons (Fsp3) is 0.550. The Morgan fingerprint density at radius 1 is 1.07 bits per heavy atom. The summed E-state index contributed by atoms with van der Waals surface area (Å²) in [5.41, 5.74) is -2.11. The van der Waals surface area contributed by atoms with Crippen LogP contribution in [0.5, 0.6) is 5.88 Å². The Kier molecular flexibility index (Phi) is 3.72. The van der Waals surface area contributed by atoms with Crippen molar-refractivity contribution in [1.29, 1.82) is 0 Å². The van der Waals surface area contributed by atoms with Crippen LogP contribution in [-0.2, 0) is 15.9 Å². The first-order valence-corrected chi connectivity index (χ1v) is 9.94. The van der Waals surface area contributed by atoms with Crippen molar-refractivity contribution in [1.82, 2.24) is 9.78 Å². The van der Waals surface area contributed by atoms with Crippen molar-refractivity contribution in [2.24, 2.45) is 5.41 Å². The highest BCUT2D eigenvalue weighted by molar-refractivity contribution is 6.77. The molecule has 3 heterocycles. The lowest BCUT2D eigenvalue weighted by Gasteiger charge is -2.36. The average molecular weight is 423 g/mol. The van der Waals surface area contributed by atoms with Crippen LogP contribution in [0.2, 0.25) is 0 Å². The standard InChI is InChI=1S/C20H23BF3N2O4/c1-17(2)18(3,4)30-21(27,29-17)14-15(12-5-7-13(22)8-6-12)25-26-10-19(9-20(19,23)24)11-28-16(14)26/h5-8,27H,9-11H2,1-4H3/q-1. The molecule has 30 heavy (non-hydrogen) atoms. The summed E-state index contributed by atoms with van der Waals surface area (Å²) in [5, 5.41) is 16.0. The monoisotopic (exact) mass is 423 g/mol. The summed E-state index contributed by atoms with van der Waals surface area (Å²) in [4.78, 5) is 0. The Bertz CT molecular complexity index is 1020. The Hall–Kier alpha value is -2.04. The molecule has 0 radical (unpaired) electrons. The average Bonchev–Trinajstić information content (AvgIpc) is 2.90. The minimum atomic E-state index is -3.05. The van der Waals surface area contributed by atoms with Crippen LogP contribution in [0.25, 0.3) is 11.3 Å². The number of halogens is 3. The highest BCUT2D eigenvalue weighted by Crippen LogP contribution is 2.63. The van der Waals surface area contributed by atoms with E-state index in [1.807, 2.05) is 0 Å². The van der Waals surface area contributed by atoms with Crippen molar-refractivity contribution in [2.45, 2.75) is 57.8 Å². The van der Waals surface area contributed by atoms with E-state index in [2.05, 4.69) is 5.10 Å². The zero-order valence-corrected chi connectivity index (χ0v) is 17.2. The third kappa shape index (κ3) is 2.60. The predicted molar refractivity (Wildman–Crippen MR) is 103 cm³/mol. The fourth-order valence-electron chi connectivity index (χ4n) is 4.34. The molecule has 1 N–H and O–H groups in total. The predicted octanol–water partition coefficient (Wildman–Crippen LogP) is 2.85. The molecule has 2 aliphatic heterocycles. The van der Waals surface area contributed by atoms with E-state index in [0.29, 0.717) is 5.56 Å². The number of fused-ring (bicyclic) bond motifs is 1. The summed E-state index contributed by atoms with van der Waals surface area (Å²) in [6, 6.07) is 5.52. The molecule has 1 aromatic heterocycles. The Labute approximate surface area is 171 Å². The van der Waals surface area contributed by atoms with Crippen LogP contribution in [0.4, 0.5) is 13.2 Å². The first-order chi connectivity index (χ1) is 13.8. The highest BCUT2D eigenvalue weighted by atomic mass is 19.3. The van der Waals surface area contributed by atoms with Crippen LogP contribution in [0.3, 0.4) is 0 Å². The number of benzene rings is 1. The van der Waals surface area contributed by atoms with Crippen molar-refractivity contribution in [2.75, 3.05) is 6.61 Å². The van der Waals surface area contributed by atoms with Crippen LogP contribution in [0.1, 0.15) is 34.1 Å². The zero-order chi connectivity index (χ0) is 21.7.